The zero-order valence-corrected chi connectivity index (χ0v) is 10.4. The number of nitrogens with zero attached hydrogens (tertiary/aromatic N) is 1. The first-order chi connectivity index (χ1) is 6.52. The summed E-state index contributed by atoms with van der Waals surface area (Å²) in [4.78, 5) is 0. The largest absolute Gasteiger partial charge is 0.327 e. The van der Waals surface area contributed by atoms with Gasteiger partial charge in [-0.2, -0.15) is 17.0 Å². The summed E-state index contributed by atoms with van der Waals surface area (Å²) in [6, 6.07) is 2.66. The van der Waals surface area contributed by atoms with Crippen molar-refractivity contribution in [3.8, 4) is 6.07 Å². The monoisotopic (exact) mass is 214 g/mol. The Hall–Kier alpha value is -0.200. The maximum absolute atomic E-state index is 8.80. The van der Waals surface area contributed by atoms with Gasteiger partial charge in [-0.3, -0.25) is 0 Å². The number of nitriles is 1. The summed E-state index contributed by atoms with van der Waals surface area (Å²) in [5.41, 5.74) is 5.63. The molecule has 0 aliphatic heterocycles. The molecule has 82 valence electrons. The lowest BCUT2D eigenvalue weighted by atomic mass is 9.90. The highest BCUT2D eigenvalue weighted by Crippen LogP contribution is 2.22. The SMILES string of the molecule is CCC(N)CSCCCC(C)(C)C#N. The van der Waals surface area contributed by atoms with Crippen molar-refractivity contribution in [1.29, 1.82) is 5.26 Å². The molecule has 1 atom stereocenters. The van der Waals surface area contributed by atoms with Crippen LogP contribution in [-0.2, 0) is 0 Å². The van der Waals surface area contributed by atoms with Gasteiger partial charge in [-0.15, -0.1) is 0 Å². The summed E-state index contributed by atoms with van der Waals surface area (Å²) < 4.78 is 0. The van der Waals surface area contributed by atoms with Crippen molar-refractivity contribution in [1.82, 2.24) is 0 Å². The van der Waals surface area contributed by atoms with Crippen LogP contribution >= 0.6 is 11.8 Å². The Labute approximate surface area is 92.2 Å². The molecule has 0 rings (SSSR count). The fourth-order valence-electron chi connectivity index (χ4n) is 1.02. The van der Waals surface area contributed by atoms with Gasteiger partial charge in [-0.05, 0) is 38.9 Å². The van der Waals surface area contributed by atoms with E-state index in [0.29, 0.717) is 6.04 Å². The number of hydrogen-bond acceptors (Lipinski definition) is 3. The van der Waals surface area contributed by atoms with E-state index < -0.39 is 0 Å². The van der Waals surface area contributed by atoms with Gasteiger partial charge in [0.05, 0.1) is 11.5 Å². The van der Waals surface area contributed by atoms with E-state index in [0.717, 1.165) is 30.8 Å². The number of hydrogen-bond donors (Lipinski definition) is 1. The van der Waals surface area contributed by atoms with Crippen LogP contribution in [0.5, 0.6) is 0 Å². The molecule has 2 N–H and O–H groups in total. The highest BCUT2D eigenvalue weighted by atomic mass is 32.2. The molecular formula is C11H22N2S. The fraction of sp³-hybridized carbons (Fsp3) is 0.909. The zero-order valence-electron chi connectivity index (χ0n) is 9.55. The molecule has 0 aliphatic carbocycles. The standard InChI is InChI=1S/C11H22N2S/c1-4-10(13)8-14-7-5-6-11(2,3)9-12/h10H,4-8,13H2,1-3H3. The van der Waals surface area contributed by atoms with Gasteiger partial charge in [-0.25, -0.2) is 0 Å². The first kappa shape index (κ1) is 13.8. The normalized spacial score (nSPS) is 13.6. The third-order valence-corrected chi connectivity index (χ3v) is 3.49. The van der Waals surface area contributed by atoms with E-state index in [4.69, 9.17) is 11.0 Å². The number of rotatable bonds is 7. The molecule has 0 aromatic rings. The molecule has 0 heterocycles. The van der Waals surface area contributed by atoms with E-state index in [1.165, 1.54) is 0 Å². The quantitative estimate of drug-likeness (QED) is 0.663. The molecule has 0 bridgehead atoms. The molecule has 0 saturated carbocycles. The summed E-state index contributed by atoms with van der Waals surface area (Å²) in [6.07, 6.45) is 3.15. The molecule has 0 spiro atoms. The predicted octanol–water partition coefficient (Wildman–Crippen LogP) is 2.79. The van der Waals surface area contributed by atoms with Crippen LogP contribution in [0.25, 0.3) is 0 Å². The molecule has 0 radical (unpaired) electrons. The smallest absolute Gasteiger partial charge is 0.0683 e. The van der Waals surface area contributed by atoms with E-state index in [9.17, 15) is 0 Å². The molecular weight excluding hydrogens is 192 g/mol. The highest BCUT2D eigenvalue weighted by Gasteiger charge is 2.15. The van der Waals surface area contributed by atoms with Crippen LogP contribution in [0.2, 0.25) is 0 Å². The number of nitrogens with two attached hydrogens (primary N) is 1. The van der Waals surface area contributed by atoms with E-state index in [-0.39, 0.29) is 5.41 Å². The molecule has 3 heteroatoms. The van der Waals surface area contributed by atoms with Crippen LogP contribution in [0, 0.1) is 16.7 Å². The highest BCUT2D eigenvalue weighted by molar-refractivity contribution is 7.99. The second kappa shape index (κ2) is 7.14. The average Bonchev–Trinajstić information content (AvgIpc) is 2.17. The van der Waals surface area contributed by atoms with Crippen molar-refractivity contribution < 1.29 is 0 Å². The lowest BCUT2D eigenvalue weighted by Crippen LogP contribution is -2.21. The van der Waals surface area contributed by atoms with Crippen LogP contribution < -0.4 is 5.73 Å². The van der Waals surface area contributed by atoms with Crippen molar-refractivity contribution in [3.05, 3.63) is 0 Å². The van der Waals surface area contributed by atoms with Crippen molar-refractivity contribution in [2.24, 2.45) is 11.1 Å². The second-order valence-corrected chi connectivity index (χ2v) is 5.49. The Kier molecular flexibility index (Phi) is 7.04. The van der Waals surface area contributed by atoms with Crippen LogP contribution in [0.15, 0.2) is 0 Å². The first-order valence-electron chi connectivity index (χ1n) is 5.26. The fourth-order valence-corrected chi connectivity index (χ4v) is 2.08. The summed E-state index contributed by atoms with van der Waals surface area (Å²) in [6.45, 7) is 6.11. The van der Waals surface area contributed by atoms with Crippen molar-refractivity contribution in [2.45, 2.75) is 46.1 Å². The predicted molar refractivity (Wildman–Crippen MR) is 64.2 cm³/mol. The van der Waals surface area contributed by atoms with Gasteiger partial charge in [0.15, 0.2) is 0 Å². The first-order valence-corrected chi connectivity index (χ1v) is 6.42. The minimum Gasteiger partial charge on any atom is -0.327 e. The Morgan fingerprint density at radius 1 is 1.50 bits per heavy atom. The van der Waals surface area contributed by atoms with Crippen LogP contribution in [-0.4, -0.2) is 17.5 Å². The average molecular weight is 214 g/mol. The molecule has 0 aromatic heterocycles. The van der Waals surface area contributed by atoms with Crippen molar-refractivity contribution >= 4 is 11.8 Å². The van der Waals surface area contributed by atoms with Gasteiger partial charge in [-0.1, -0.05) is 6.92 Å². The summed E-state index contributed by atoms with van der Waals surface area (Å²) in [5.74, 6) is 2.17. The molecule has 2 nitrogen and oxygen atoms in total. The van der Waals surface area contributed by atoms with Gasteiger partial charge in [0.2, 0.25) is 0 Å². The van der Waals surface area contributed by atoms with Crippen molar-refractivity contribution in [3.63, 3.8) is 0 Å². The van der Waals surface area contributed by atoms with Gasteiger partial charge in [0.1, 0.15) is 0 Å². The maximum atomic E-state index is 8.80. The Balaban J connectivity index is 3.35. The maximum Gasteiger partial charge on any atom is 0.0683 e. The number of thioether (sulfide) groups is 1. The summed E-state index contributed by atoms with van der Waals surface area (Å²) in [7, 11) is 0. The van der Waals surface area contributed by atoms with E-state index in [1.54, 1.807) is 0 Å². The molecule has 0 aliphatic rings. The molecule has 0 fully saturated rings. The minimum absolute atomic E-state index is 0.159. The second-order valence-electron chi connectivity index (χ2n) is 4.34. The Morgan fingerprint density at radius 3 is 2.64 bits per heavy atom. The summed E-state index contributed by atoms with van der Waals surface area (Å²) in [5, 5.41) is 8.80. The Bertz CT molecular complexity index is 184. The van der Waals surface area contributed by atoms with E-state index in [2.05, 4.69) is 13.0 Å². The van der Waals surface area contributed by atoms with Crippen LogP contribution in [0.3, 0.4) is 0 Å². The lowest BCUT2D eigenvalue weighted by Gasteiger charge is -2.14. The third-order valence-electron chi connectivity index (χ3n) is 2.25. The molecule has 14 heavy (non-hydrogen) atoms. The molecule has 0 saturated heterocycles. The molecule has 1 unspecified atom stereocenters. The van der Waals surface area contributed by atoms with E-state index in [1.807, 2.05) is 25.6 Å². The third kappa shape index (κ3) is 7.23. The van der Waals surface area contributed by atoms with E-state index >= 15 is 0 Å². The van der Waals surface area contributed by atoms with Crippen molar-refractivity contribution in [2.75, 3.05) is 11.5 Å². The van der Waals surface area contributed by atoms with Gasteiger partial charge in [0, 0.05) is 11.8 Å². The topological polar surface area (TPSA) is 49.8 Å². The Morgan fingerprint density at radius 2 is 2.14 bits per heavy atom. The lowest BCUT2D eigenvalue weighted by molar-refractivity contribution is 0.447. The zero-order chi connectivity index (χ0) is 11.0. The van der Waals surface area contributed by atoms with Crippen LogP contribution in [0.4, 0.5) is 0 Å². The van der Waals surface area contributed by atoms with Gasteiger partial charge >= 0.3 is 0 Å². The molecule has 0 aromatic carbocycles. The molecule has 0 amide bonds. The minimum atomic E-state index is -0.159. The van der Waals surface area contributed by atoms with Gasteiger partial charge < -0.3 is 5.73 Å². The van der Waals surface area contributed by atoms with Gasteiger partial charge in [0.25, 0.3) is 0 Å². The summed E-state index contributed by atoms with van der Waals surface area (Å²) >= 11 is 1.90. The van der Waals surface area contributed by atoms with Crippen LogP contribution in [0.1, 0.15) is 40.0 Å².